The van der Waals surface area contributed by atoms with Crippen LogP contribution in [0.2, 0.25) is 0 Å². The number of aliphatic hydroxyl groups is 8. The van der Waals surface area contributed by atoms with Crippen LogP contribution in [-0.4, -0.2) is 148 Å². The van der Waals surface area contributed by atoms with E-state index in [-0.39, 0.29) is 35.7 Å². The molecule has 0 aliphatic carbocycles. The normalized spacial score (nSPS) is 36.9. The largest absolute Gasteiger partial charge is 0.504 e. The molecule has 9 N–H and O–H groups in total. The second kappa shape index (κ2) is 15.8. The molecule has 3 heterocycles. The summed E-state index contributed by atoms with van der Waals surface area (Å²) in [5, 5.41) is 92.2. The molecule has 3 saturated heterocycles. The van der Waals surface area contributed by atoms with Crippen molar-refractivity contribution < 1.29 is 79.1 Å². The Labute approximate surface area is 276 Å². The van der Waals surface area contributed by atoms with Crippen LogP contribution in [0.15, 0.2) is 36.4 Å². The van der Waals surface area contributed by atoms with E-state index in [2.05, 4.69) is 0 Å². The first-order chi connectivity index (χ1) is 23.0. The molecule has 0 saturated carbocycles. The maximum atomic E-state index is 11.2. The quantitative estimate of drug-likeness (QED) is 0.117. The lowest BCUT2D eigenvalue weighted by atomic mass is 9.84. The van der Waals surface area contributed by atoms with E-state index in [9.17, 15) is 46.0 Å². The first-order valence-electron chi connectivity index (χ1n) is 15.6. The number of rotatable bonds is 12. The monoisotopic (exact) mass is 684 g/mol. The molecule has 48 heavy (non-hydrogen) atoms. The Morgan fingerprint density at radius 3 is 2.06 bits per heavy atom. The molecule has 0 spiro atoms. The fourth-order valence-electron chi connectivity index (χ4n) is 6.40. The zero-order valence-corrected chi connectivity index (χ0v) is 26.4. The molecule has 0 aromatic heterocycles. The number of aliphatic hydroxyl groups excluding tert-OH is 8. The lowest BCUT2D eigenvalue weighted by Gasteiger charge is -2.45. The van der Waals surface area contributed by atoms with Crippen LogP contribution in [0.5, 0.6) is 23.0 Å². The summed E-state index contributed by atoms with van der Waals surface area (Å²) in [7, 11) is 2.87. The molecule has 16 heteroatoms. The van der Waals surface area contributed by atoms with Crippen molar-refractivity contribution in [2.45, 2.75) is 73.9 Å². The molecular formula is C32H44O16. The van der Waals surface area contributed by atoms with Crippen molar-refractivity contribution in [2.24, 2.45) is 11.8 Å². The van der Waals surface area contributed by atoms with Gasteiger partial charge in [-0.2, -0.15) is 0 Å². The molecule has 0 radical (unpaired) electrons. The van der Waals surface area contributed by atoms with Crippen LogP contribution < -0.4 is 14.2 Å². The second-order valence-corrected chi connectivity index (χ2v) is 12.1. The third-order valence-corrected chi connectivity index (χ3v) is 9.16. The molecule has 5 rings (SSSR count). The summed E-state index contributed by atoms with van der Waals surface area (Å²) in [6.07, 6.45) is -16.0. The van der Waals surface area contributed by atoms with Crippen molar-refractivity contribution in [3.8, 4) is 23.0 Å². The van der Waals surface area contributed by atoms with Gasteiger partial charge in [0.15, 0.2) is 29.3 Å². The molecule has 3 aliphatic rings. The fourth-order valence-corrected chi connectivity index (χ4v) is 6.40. The highest BCUT2D eigenvalue weighted by molar-refractivity contribution is 5.44. The summed E-state index contributed by atoms with van der Waals surface area (Å²) >= 11 is 0. The van der Waals surface area contributed by atoms with Gasteiger partial charge in [-0.1, -0.05) is 12.1 Å². The number of ether oxygens (including phenoxy) is 7. The lowest BCUT2D eigenvalue weighted by molar-refractivity contribution is -0.352. The van der Waals surface area contributed by atoms with Gasteiger partial charge in [0.25, 0.3) is 0 Å². The molecule has 3 fully saturated rings. The number of hydrogen-bond acceptors (Lipinski definition) is 16. The summed E-state index contributed by atoms with van der Waals surface area (Å²) in [6.45, 7) is -1.22. The topological polar surface area (TPSA) is 247 Å². The van der Waals surface area contributed by atoms with Gasteiger partial charge < -0.3 is 79.1 Å². The predicted molar refractivity (Wildman–Crippen MR) is 161 cm³/mol. The van der Waals surface area contributed by atoms with Gasteiger partial charge in [-0.05, 0) is 47.7 Å². The third-order valence-electron chi connectivity index (χ3n) is 9.16. The number of phenols is 1. The Hall–Kier alpha value is -2.84. The summed E-state index contributed by atoms with van der Waals surface area (Å²) in [6, 6.07) is 9.99. The molecule has 0 unspecified atom stereocenters. The predicted octanol–water partition coefficient (Wildman–Crippen LogP) is -2.05. The lowest BCUT2D eigenvalue weighted by Crippen LogP contribution is -2.65. The van der Waals surface area contributed by atoms with Gasteiger partial charge in [0, 0.05) is 12.5 Å². The smallest absolute Gasteiger partial charge is 0.229 e. The first-order valence-corrected chi connectivity index (χ1v) is 15.6. The average molecular weight is 685 g/mol. The van der Waals surface area contributed by atoms with Crippen molar-refractivity contribution >= 4 is 0 Å². The highest BCUT2D eigenvalue weighted by Crippen LogP contribution is 2.43. The molecule has 0 bridgehead atoms. The molecule has 2 aromatic rings. The SMILES string of the molecule is COc1cc(C[C@H]2CO[C@H](c3ccc(O[C@@H]4O[C@H](CO)[C@H](O)[C@@H](O[C@@H]5O[C@H](CO)[C@H](O)[C@@H](O)[C@H]5O)[C@H]4O)c(OC)c3)[C@H]2CO)ccc1O. The molecule has 13 atom stereocenters. The summed E-state index contributed by atoms with van der Waals surface area (Å²) in [5.74, 6) is 0.370. The molecule has 268 valence electrons. The molecule has 3 aliphatic heterocycles. The zero-order chi connectivity index (χ0) is 34.7. The fraction of sp³-hybridized carbons (Fsp3) is 0.625. The summed E-state index contributed by atoms with van der Waals surface area (Å²) in [4.78, 5) is 0. The van der Waals surface area contributed by atoms with E-state index in [1.807, 2.05) is 0 Å². The first kappa shape index (κ1) is 36.4. The summed E-state index contributed by atoms with van der Waals surface area (Å²) in [5.41, 5.74) is 1.59. The maximum absolute atomic E-state index is 11.2. The van der Waals surface area contributed by atoms with Crippen LogP contribution >= 0.6 is 0 Å². The minimum atomic E-state index is -1.81. The Morgan fingerprint density at radius 1 is 0.708 bits per heavy atom. The van der Waals surface area contributed by atoms with Crippen molar-refractivity contribution in [3.05, 3.63) is 47.5 Å². The Kier molecular flexibility index (Phi) is 12.0. The highest BCUT2D eigenvalue weighted by Gasteiger charge is 2.51. The van der Waals surface area contributed by atoms with E-state index in [0.29, 0.717) is 24.3 Å². The van der Waals surface area contributed by atoms with Crippen LogP contribution in [0, 0.1) is 11.8 Å². The minimum absolute atomic E-state index is 0.0287. The van der Waals surface area contributed by atoms with E-state index in [0.717, 1.165) is 5.56 Å². The Bertz CT molecular complexity index is 1340. The maximum Gasteiger partial charge on any atom is 0.229 e. The van der Waals surface area contributed by atoms with E-state index >= 15 is 0 Å². The third kappa shape index (κ3) is 7.35. The average Bonchev–Trinajstić information content (AvgIpc) is 3.50. The van der Waals surface area contributed by atoms with Gasteiger partial charge in [0.2, 0.25) is 6.29 Å². The van der Waals surface area contributed by atoms with Crippen molar-refractivity contribution in [1.29, 1.82) is 0 Å². The molecule has 0 amide bonds. The second-order valence-electron chi connectivity index (χ2n) is 12.1. The van der Waals surface area contributed by atoms with Gasteiger partial charge >= 0.3 is 0 Å². The Balaban J connectivity index is 1.30. The molecule has 2 aromatic carbocycles. The zero-order valence-electron chi connectivity index (χ0n) is 26.4. The van der Waals surface area contributed by atoms with Crippen molar-refractivity contribution in [2.75, 3.05) is 40.6 Å². The Morgan fingerprint density at radius 2 is 1.40 bits per heavy atom. The number of aromatic hydroxyl groups is 1. The minimum Gasteiger partial charge on any atom is -0.504 e. The van der Waals surface area contributed by atoms with Crippen LogP contribution in [0.4, 0.5) is 0 Å². The van der Waals surface area contributed by atoms with E-state index < -0.39 is 80.7 Å². The van der Waals surface area contributed by atoms with Gasteiger partial charge in [-0.25, -0.2) is 0 Å². The van der Waals surface area contributed by atoms with Crippen molar-refractivity contribution in [3.63, 3.8) is 0 Å². The molecule has 16 nitrogen and oxygen atoms in total. The number of benzene rings is 2. The van der Waals surface area contributed by atoms with Crippen LogP contribution in [0.3, 0.4) is 0 Å². The number of phenolic OH excluding ortho intramolecular Hbond substituents is 1. The van der Waals surface area contributed by atoms with Gasteiger partial charge in [-0.15, -0.1) is 0 Å². The standard InChI is InChI=1S/C32H44O16/c1-42-20-8-14(3-5-18(20)36)7-16-13-44-29(17(16)10-33)15-4-6-19(21(9-15)43-2)45-32-28(41)30(25(38)23(12-35)47-32)48-31-27(40)26(39)24(37)22(11-34)46-31/h3-6,8-9,16-17,22-41H,7,10-13H2,1-2H3/t16-,17-,22+,23+,24-,25-,26+,27+,28+,29+,30+,31-,32+/m0/s1. The number of methoxy groups -OCH3 is 2. The number of hydrogen-bond donors (Lipinski definition) is 9. The van der Waals surface area contributed by atoms with E-state index in [4.69, 9.17) is 33.2 Å². The molecular weight excluding hydrogens is 640 g/mol. The van der Waals surface area contributed by atoms with Gasteiger partial charge in [-0.3, -0.25) is 0 Å². The van der Waals surface area contributed by atoms with Gasteiger partial charge in [0.1, 0.15) is 48.8 Å². The summed E-state index contributed by atoms with van der Waals surface area (Å²) < 4.78 is 39.5. The van der Waals surface area contributed by atoms with Crippen LogP contribution in [0.1, 0.15) is 17.2 Å². The van der Waals surface area contributed by atoms with E-state index in [1.165, 1.54) is 14.2 Å². The van der Waals surface area contributed by atoms with Crippen LogP contribution in [-0.2, 0) is 25.4 Å². The van der Waals surface area contributed by atoms with Crippen molar-refractivity contribution in [1.82, 2.24) is 0 Å². The van der Waals surface area contributed by atoms with E-state index in [1.54, 1.807) is 36.4 Å². The van der Waals surface area contributed by atoms with Crippen LogP contribution in [0.25, 0.3) is 0 Å². The highest BCUT2D eigenvalue weighted by atomic mass is 16.7. The van der Waals surface area contributed by atoms with Gasteiger partial charge in [0.05, 0.1) is 40.1 Å².